The molecule has 0 radical (unpaired) electrons. The van der Waals surface area contributed by atoms with Crippen molar-refractivity contribution in [3.8, 4) is 0 Å². The lowest BCUT2D eigenvalue weighted by atomic mass is 10.3. The lowest BCUT2D eigenvalue weighted by Gasteiger charge is -2.32. The van der Waals surface area contributed by atoms with E-state index in [-0.39, 0.29) is 26.2 Å². The van der Waals surface area contributed by atoms with E-state index in [0.29, 0.717) is 0 Å². The zero-order valence-electron chi connectivity index (χ0n) is 8.50. The second-order valence-electron chi connectivity index (χ2n) is 3.40. The Kier molecular flexibility index (Phi) is 3.83. The van der Waals surface area contributed by atoms with Gasteiger partial charge >= 0.3 is 5.97 Å². The number of carboxylic acid groups (broad SMARTS) is 1. The normalized spacial score (nSPS) is 18.4. The molecule has 3 N–H and O–H groups in total. The van der Waals surface area contributed by atoms with Crippen LogP contribution in [0, 0.1) is 0 Å². The average molecular weight is 251 g/mol. The minimum Gasteiger partial charge on any atom is -0.481 e. The number of aliphatic carboxylic acids is 1. The maximum Gasteiger partial charge on any atom is 0.312 e. The third kappa shape index (κ3) is 3.43. The van der Waals surface area contributed by atoms with Crippen LogP contribution in [0.25, 0.3) is 0 Å². The van der Waals surface area contributed by atoms with Crippen LogP contribution < -0.4 is 5.14 Å². The molecule has 0 aromatic heterocycles. The Balaban J connectivity index is 2.49. The number of carbonyl (C=O) groups is 2. The van der Waals surface area contributed by atoms with Crippen LogP contribution in [0.3, 0.4) is 0 Å². The molecule has 16 heavy (non-hydrogen) atoms. The lowest BCUT2D eigenvalue weighted by molar-refractivity contribution is -0.144. The molecule has 1 aliphatic rings. The summed E-state index contributed by atoms with van der Waals surface area (Å²) in [6.45, 7) is 0.541. The molecule has 8 nitrogen and oxygen atoms in total. The highest BCUT2D eigenvalue weighted by Crippen LogP contribution is 2.05. The molecule has 0 aromatic rings. The van der Waals surface area contributed by atoms with Crippen LogP contribution >= 0.6 is 0 Å². The van der Waals surface area contributed by atoms with Gasteiger partial charge in [-0.25, -0.2) is 5.14 Å². The fourth-order valence-corrected chi connectivity index (χ4v) is 2.11. The van der Waals surface area contributed by atoms with Gasteiger partial charge in [-0.05, 0) is 0 Å². The summed E-state index contributed by atoms with van der Waals surface area (Å²) < 4.78 is 22.9. The van der Waals surface area contributed by atoms with Gasteiger partial charge in [0.25, 0.3) is 10.2 Å². The predicted octanol–water partition coefficient (Wildman–Crippen LogP) is -2.19. The van der Waals surface area contributed by atoms with Gasteiger partial charge in [-0.2, -0.15) is 12.7 Å². The Morgan fingerprint density at radius 2 is 1.69 bits per heavy atom. The van der Waals surface area contributed by atoms with Crippen molar-refractivity contribution < 1.29 is 23.1 Å². The molecule has 0 spiro atoms. The minimum absolute atomic E-state index is 0.101. The first-order chi connectivity index (χ1) is 7.30. The Morgan fingerprint density at radius 3 is 2.06 bits per heavy atom. The third-order valence-electron chi connectivity index (χ3n) is 2.25. The van der Waals surface area contributed by atoms with Crippen LogP contribution in [0.5, 0.6) is 0 Å². The van der Waals surface area contributed by atoms with Crippen molar-refractivity contribution >= 4 is 22.1 Å². The van der Waals surface area contributed by atoms with Crippen LogP contribution in [-0.4, -0.2) is 60.8 Å². The van der Waals surface area contributed by atoms with Crippen molar-refractivity contribution in [3.63, 3.8) is 0 Å². The molecule has 0 aromatic carbocycles. The molecule has 1 aliphatic heterocycles. The van der Waals surface area contributed by atoms with E-state index in [2.05, 4.69) is 0 Å². The van der Waals surface area contributed by atoms with Crippen LogP contribution in [-0.2, 0) is 19.8 Å². The monoisotopic (exact) mass is 251 g/mol. The van der Waals surface area contributed by atoms with Gasteiger partial charge in [0.2, 0.25) is 5.91 Å². The van der Waals surface area contributed by atoms with Crippen LogP contribution in [0.4, 0.5) is 0 Å². The molecule has 1 rings (SSSR count). The van der Waals surface area contributed by atoms with E-state index in [9.17, 15) is 18.0 Å². The largest absolute Gasteiger partial charge is 0.481 e. The topological polar surface area (TPSA) is 121 Å². The number of carbonyl (C=O) groups excluding carboxylic acids is 1. The molecule has 92 valence electrons. The minimum atomic E-state index is -3.72. The number of hydrogen-bond acceptors (Lipinski definition) is 4. The summed E-state index contributed by atoms with van der Waals surface area (Å²) in [7, 11) is -3.72. The fraction of sp³-hybridized carbons (Fsp3) is 0.714. The standard InChI is InChI=1S/C7H13N3O5S/c8-16(14,15)10-3-1-9(2-4-10)6(11)5-7(12)13/h1-5H2,(H,12,13)(H2,8,14,15). The zero-order chi connectivity index (χ0) is 12.3. The van der Waals surface area contributed by atoms with Gasteiger partial charge in [0.15, 0.2) is 0 Å². The molecule has 0 saturated carbocycles. The van der Waals surface area contributed by atoms with Crippen molar-refractivity contribution in [3.05, 3.63) is 0 Å². The van der Waals surface area contributed by atoms with E-state index < -0.39 is 28.5 Å². The van der Waals surface area contributed by atoms with Crippen molar-refractivity contribution in [1.82, 2.24) is 9.21 Å². The molecule has 9 heteroatoms. The Morgan fingerprint density at radius 1 is 1.19 bits per heavy atom. The first-order valence-corrected chi connectivity index (χ1v) is 6.08. The maximum absolute atomic E-state index is 11.3. The van der Waals surface area contributed by atoms with E-state index in [1.54, 1.807) is 0 Å². The number of rotatable bonds is 3. The maximum atomic E-state index is 11.3. The molecule has 0 unspecified atom stereocenters. The number of piperazine rings is 1. The predicted molar refractivity (Wildman–Crippen MR) is 53.5 cm³/mol. The van der Waals surface area contributed by atoms with Gasteiger partial charge in [0.1, 0.15) is 6.42 Å². The second kappa shape index (κ2) is 4.76. The first kappa shape index (κ1) is 12.9. The van der Waals surface area contributed by atoms with Crippen molar-refractivity contribution in [2.45, 2.75) is 6.42 Å². The summed E-state index contributed by atoms with van der Waals surface area (Å²) in [6.07, 6.45) is -0.574. The molecule has 0 aliphatic carbocycles. The van der Waals surface area contributed by atoms with Crippen molar-refractivity contribution in [2.24, 2.45) is 5.14 Å². The zero-order valence-corrected chi connectivity index (χ0v) is 9.31. The highest BCUT2D eigenvalue weighted by Gasteiger charge is 2.26. The molecular formula is C7H13N3O5S. The summed E-state index contributed by atoms with van der Waals surface area (Å²) in [5, 5.41) is 13.3. The summed E-state index contributed by atoms with van der Waals surface area (Å²) >= 11 is 0. The molecular weight excluding hydrogens is 238 g/mol. The van der Waals surface area contributed by atoms with Crippen LogP contribution in [0.15, 0.2) is 0 Å². The highest BCUT2D eigenvalue weighted by atomic mass is 32.2. The molecule has 0 atom stereocenters. The van der Waals surface area contributed by atoms with E-state index in [4.69, 9.17) is 10.2 Å². The second-order valence-corrected chi connectivity index (χ2v) is 4.94. The number of carboxylic acids is 1. The van der Waals surface area contributed by atoms with Gasteiger partial charge in [-0.15, -0.1) is 0 Å². The third-order valence-corrected chi connectivity index (χ3v) is 3.34. The van der Waals surface area contributed by atoms with Gasteiger partial charge < -0.3 is 10.0 Å². The number of hydrogen-bond donors (Lipinski definition) is 2. The summed E-state index contributed by atoms with van der Waals surface area (Å²) in [6, 6.07) is 0. The molecule has 1 fully saturated rings. The van der Waals surface area contributed by atoms with Crippen LogP contribution in [0.1, 0.15) is 6.42 Å². The number of nitrogens with zero attached hydrogens (tertiary/aromatic N) is 2. The van der Waals surface area contributed by atoms with Crippen LogP contribution in [0.2, 0.25) is 0 Å². The highest BCUT2D eigenvalue weighted by molar-refractivity contribution is 7.86. The van der Waals surface area contributed by atoms with E-state index in [0.717, 1.165) is 4.31 Å². The fourth-order valence-electron chi connectivity index (χ4n) is 1.43. The quantitative estimate of drug-likeness (QED) is 0.552. The average Bonchev–Trinajstić information content (AvgIpc) is 2.15. The number of nitrogens with two attached hydrogens (primary N) is 1. The lowest BCUT2D eigenvalue weighted by Crippen LogP contribution is -2.52. The smallest absolute Gasteiger partial charge is 0.312 e. The summed E-state index contributed by atoms with van der Waals surface area (Å²) in [5.74, 6) is -1.71. The van der Waals surface area contributed by atoms with Gasteiger partial charge in [-0.3, -0.25) is 9.59 Å². The molecule has 1 amide bonds. The van der Waals surface area contributed by atoms with Gasteiger partial charge in [0.05, 0.1) is 0 Å². The van der Waals surface area contributed by atoms with Gasteiger partial charge in [-0.1, -0.05) is 0 Å². The Bertz CT molecular complexity index is 385. The Labute approximate surface area is 92.8 Å². The van der Waals surface area contributed by atoms with E-state index in [1.165, 1.54) is 4.90 Å². The SMILES string of the molecule is NS(=O)(=O)N1CCN(C(=O)CC(=O)O)CC1. The molecule has 1 heterocycles. The van der Waals surface area contributed by atoms with E-state index in [1.807, 2.05) is 0 Å². The number of amides is 1. The van der Waals surface area contributed by atoms with E-state index >= 15 is 0 Å². The van der Waals surface area contributed by atoms with Crippen molar-refractivity contribution in [2.75, 3.05) is 26.2 Å². The first-order valence-electron chi connectivity index (χ1n) is 4.58. The molecule has 0 bridgehead atoms. The van der Waals surface area contributed by atoms with Crippen molar-refractivity contribution in [1.29, 1.82) is 0 Å². The van der Waals surface area contributed by atoms with Gasteiger partial charge in [0, 0.05) is 26.2 Å². The summed E-state index contributed by atoms with van der Waals surface area (Å²) in [5.41, 5.74) is 0. The Hall–Kier alpha value is -1.19. The molecule has 1 saturated heterocycles. The summed E-state index contributed by atoms with van der Waals surface area (Å²) in [4.78, 5) is 22.9.